The van der Waals surface area contributed by atoms with Gasteiger partial charge in [-0.05, 0) is 73.8 Å². The molecular weight excluding hydrogens is 436 g/mol. The smallest absolute Gasteiger partial charge is 0.140 e. The van der Waals surface area contributed by atoms with Crippen molar-refractivity contribution in [1.29, 1.82) is 0 Å². The van der Waals surface area contributed by atoms with E-state index in [4.69, 9.17) is 20.6 Å². The van der Waals surface area contributed by atoms with E-state index in [9.17, 15) is 0 Å². The van der Waals surface area contributed by atoms with Crippen LogP contribution in [0.1, 0.15) is 81.5 Å². The molecule has 1 aromatic heterocycles. The summed E-state index contributed by atoms with van der Waals surface area (Å²) in [5.41, 5.74) is 21.1. The van der Waals surface area contributed by atoms with Crippen LogP contribution in [0.4, 0.5) is 11.4 Å². The van der Waals surface area contributed by atoms with Gasteiger partial charge in [0.25, 0.3) is 0 Å². The van der Waals surface area contributed by atoms with E-state index < -0.39 is 0 Å². The third-order valence-corrected chi connectivity index (χ3v) is 6.24. The second-order valence-electron chi connectivity index (χ2n) is 11.2. The summed E-state index contributed by atoms with van der Waals surface area (Å²) in [6.45, 7) is 20.1. The Morgan fingerprint density at radius 3 is 1.91 bits per heavy atom. The number of anilines is 2. The van der Waals surface area contributed by atoms with Crippen LogP contribution in [0.5, 0.6) is 5.75 Å². The van der Waals surface area contributed by atoms with Gasteiger partial charge in [0.15, 0.2) is 0 Å². The summed E-state index contributed by atoms with van der Waals surface area (Å²) in [6, 6.07) is 6.34. The minimum atomic E-state index is 0. The zero-order chi connectivity index (χ0) is 24.0. The van der Waals surface area contributed by atoms with E-state index in [1.807, 2.05) is 19.9 Å². The average Bonchev–Trinajstić information content (AvgIpc) is 3.08. The molecule has 4 rings (SSSR count). The third-order valence-electron chi connectivity index (χ3n) is 6.24. The van der Waals surface area contributed by atoms with Crippen LogP contribution in [0.25, 0.3) is 11.0 Å². The zero-order valence-electron chi connectivity index (χ0n) is 21.7. The van der Waals surface area contributed by atoms with Gasteiger partial charge in [-0.2, -0.15) is 0 Å². The molecule has 5 heteroatoms. The maximum absolute atomic E-state index is 6.14. The Bertz CT molecular complexity index is 1150. The van der Waals surface area contributed by atoms with Crippen molar-refractivity contribution in [1.82, 2.24) is 0 Å². The molecule has 0 spiro atoms. The number of nitrogens with two attached hydrogens (primary N) is 2. The number of hydrogen-bond donors (Lipinski definition) is 2. The van der Waals surface area contributed by atoms with Gasteiger partial charge in [0.2, 0.25) is 0 Å². The molecule has 33 heavy (non-hydrogen) atoms. The van der Waals surface area contributed by atoms with Gasteiger partial charge in [-0.25, -0.2) is 0 Å². The molecular formula is C28H40ArN2O2. The molecule has 182 valence electrons. The van der Waals surface area contributed by atoms with Crippen molar-refractivity contribution in [3.05, 3.63) is 51.8 Å². The van der Waals surface area contributed by atoms with Crippen LogP contribution in [0.15, 0.2) is 22.6 Å². The Morgan fingerprint density at radius 2 is 1.33 bits per heavy atom. The summed E-state index contributed by atoms with van der Waals surface area (Å²) in [7, 11) is 0. The molecule has 3 aromatic rings. The number of fused-ring (bicyclic) bond motifs is 2. The molecule has 0 radical (unpaired) electrons. The second-order valence-corrected chi connectivity index (χ2v) is 11.2. The quantitative estimate of drug-likeness (QED) is 0.339. The van der Waals surface area contributed by atoms with E-state index in [0.717, 1.165) is 58.9 Å². The van der Waals surface area contributed by atoms with Gasteiger partial charge >= 0.3 is 0 Å². The first kappa shape index (κ1) is 27.9. The van der Waals surface area contributed by atoms with Crippen LogP contribution in [-0.2, 0) is 17.3 Å². The topological polar surface area (TPSA) is 74.4 Å². The number of rotatable bonds is 0. The molecule has 0 amide bonds. The van der Waals surface area contributed by atoms with Gasteiger partial charge in [0.05, 0.1) is 6.61 Å². The Hall–Kier alpha value is -1.36. The molecule has 0 unspecified atom stereocenters. The van der Waals surface area contributed by atoms with Crippen molar-refractivity contribution in [2.24, 2.45) is 0 Å². The van der Waals surface area contributed by atoms with E-state index in [-0.39, 0.29) is 48.6 Å². The molecule has 4 nitrogen and oxygen atoms in total. The number of nitrogen functional groups attached to an aromatic ring is 2. The van der Waals surface area contributed by atoms with Gasteiger partial charge in [-0.3, -0.25) is 0 Å². The molecule has 1 aliphatic heterocycles. The maximum Gasteiger partial charge on any atom is 0.140 e. The average molecular weight is 477 g/mol. The summed E-state index contributed by atoms with van der Waals surface area (Å²) in [5.74, 6) is 1.96. The summed E-state index contributed by atoms with van der Waals surface area (Å²) in [4.78, 5) is 0. The summed E-state index contributed by atoms with van der Waals surface area (Å²) < 4.78 is 11.6. The van der Waals surface area contributed by atoms with E-state index in [0.29, 0.717) is 0 Å². The van der Waals surface area contributed by atoms with Gasteiger partial charge < -0.3 is 20.6 Å². The van der Waals surface area contributed by atoms with E-state index in [1.54, 1.807) is 0 Å². The standard InChI is InChI=1S/C14H19NO.C14H21NO.Ar/c1-8-6-11(14(3,4)5)13-10(12(8)15)7-9(2)16-13;1-9-8-11(14(2,3)4)13-10(12(9)15)6-5-7-16-13;/h6-7H,15H2,1-5H3;8H,5-7,15H2,1-4H3;. The van der Waals surface area contributed by atoms with Crippen molar-refractivity contribution in [2.75, 3.05) is 18.1 Å². The molecule has 4 N–H and O–H groups in total. The Balaban J connectivity index is 0.000000227. The molecule has 0 atom stereocenters. The summed E-state index contributed by atoms with van der Waals surface area (Å²) >= 11 is 0. The minimum Gasteiger partial charge on any atom is -0.493 e. The fraction of sp³-hybridized carbons (Fsp3) is 0.500. The molecule has 0 saturated carbocycles. The van der Waals surface area contributed by atoms with Crippen molar-refractivity contribution >= 4 is 22.3 Å². The summed E-state index contributed by atoms with van der Waals surface area (Å²) in [6.07, 6.45) is 2.12. The first-order valence-corrected chi connectivity index (χ1v) is 11.6. The van der Waals surface area contributed by atoms with Crippen molar-refractivity contribution in [3.8, 4) is 5.75 Å². The van der Waals surface area contributed by atoms with Crippen LogP contribution < -0.4 is 16.2 Å². The predicted octanol–water partition coefficient (Wildman–Crippen LogP) is 7.13. The van der Waals surface area contributed by atoms with Gasteiger partial charge in [-0.15, -0.1) is 0 Å². The third kappa shape index (κ3) is 5.83. The van der Waals surface area contributed by atoms with Crippen molar-refractivity contribution < 1.29 is 46.9 Å². The minimum absolute atomic E-state index is 0. The largest absolute Gasteiger partial charge is 0.493 e. The Kier molecular flexibility index (Phi) is 8.53. The van der Waals surface area contributed by atoms with Crippen LogP contribution in [0, 0.1) is 58.5 Å². The van der Waals surface area contributed by atoms with Gasteiger partial charge in [-0.1, -0.05) is 41.5 Å². The molecule has 0 bridgehead atoms. The van der Waals surface area contributed by atoms with Crippen LogP contribution in [0.3, 0.4) is 0 Å². The SMILES string of the molecule is Cc1cc(C(C)(C)C)c2c(c1N)CCCO2.Cc1cc2c(N)c(C)cc(C(C)(C)C)c2o1.[Ar]. The Labute approximate surface area is 229 Å². The number of aryl methyl sites for hydroxylation is 3. The van der Waals surface area contributed by atoms with E-state index in [2.05, 4.69) is 60.6 Å². The van der Waals surface area contributed by atoms with E-state index in [1.165, 1.54) is 22.3 Å². The molecule has 2 heterocycles. The number of ether oxygens (including phenoxy) is 1. The van der Waals surface area contributed by atoms with Crippen LogP contribution in [0.2, 0.25) is 0 Å². The first-order chi connectivity index (χ1) is 14.7. The number of benzene rings is 2. The molecule has 0 aliphatic carbocycles. The normalized spacial score (nSPS) is 13.5. The Morgan fingerprint density at radius 1 is 0.788 bits per heavy atom. The van der Waals surface area contributed by atoms with Gasteiger partial charge in [0.1, 0.15) is 17.1 Å². The first-order valence-electron chi connectivity index (χ1n) is 11.6. The number of furan rings is 1. The number of hydrogen-bond acceptors (Lipinski definition) is 4. The fourth-order valence-electron chi connectivity index (χ4n) is 4.32. The van der Waals surface area contributed by atoms with Crippen LogP contribution in [-0.4, -0.2) is 6.61 Å². The molecule has 1 aliphatic rings. The molecule has 2 aromatic carbocycles. The predicted molar refractivity (Wildman–Crippen MR) is 137 cm³/mol. The monoisotopic (exact) mass is 476 g/mol. The maximum atomic E-state index is 6.14. The van der Waals surface area contributed by atoms with E-state index >= 15 is 0 Å². The van der Waals surface area contributed by atoms with Crippen molar-refractivity contribution in [2.45, 2.75) is 86.0 Å². The van der Waals surface area contributed by atoms with Crippen LogP contribution >= 0.6 is 0 Å². The second kappa shape index (κ2) is 10.1. The zero-order valence-corrected chi connectivity index (χ0v) is 22.4. The summed E-state index contributed by atoms with van der Waals surface area (Å²) in [5, 5.41) is 1.04. The molecule has 0 saturated heterocycles. The molecule has 0 fully saturated rings. The fourth-order valence-corrected chi connectivity index (χ4v) is 4.32. The van der Waals surface area contributed by atoms with Gasteiger partial charge in [0, 0.05) is 71.2 Å². The van der Waals surface area contributed by atoms with Crippen molar-refractivity contribution in [3.63, 3.8) is 0 Å².